The minimum Gasteiger partial charge on any atom is -0.352 e. The molecule has 2 atom stereocenters. The molecule has 5 nitrogen and oxygen atoms in total. The summed E-state index contributed by atoms with van der Waals surface area (Å²) in [6.45, 7) is 7.24. The summed E-state index contributed by atoms with van der Waals surface area (Å²) in [4.78, 5) is 19.2. The molecule has 2 aliphatic rings. The van der Waals surface area contributed by atoms with Crippen molar-refractivity contribution in [3.8, 4) is 0 Å². The van der Waals surface area contributed by atoms with Gasteiger partial charge in [0, 0.05) is 44.8 Å². The molecule has 1 amide bonds. The second kappa shape index (κ2) is 9.79. The number of imidazole rings is 1. The Balaban J connectivity index is 0.00000156. The first-order chi connectivity index (χ1) is 11.1. The molecule has 1 saturated carbocycles. The van der Waals surface area contributed by atoms with Gasteiger partial charge in [-0.1, -0.05) is 19.8 Å². The molecular formula is C18H32Cl2N4O. The van der Waals surface area contributed by atoms with Crippen molar-refractivity contribution in [2.24, 2.45) is 18.9 Å². The van der Waals surface area contributed by atoms with E-state index in [2.05, 4.69) is 33.7 Å². The predicted octanol–water partition coefficient (Wildman–Crippen LogP) is 3.09. The van der Waals surface area contributed by atoms with Crippen LogP contribution < -0.4 is 5.32 Å². The number of carbonyl (C=O) groups is 1. The Bertz CT molecular complexity index is 559. The molecule has 0 radical (unpaired) electrons. The molecule has 1 aromatic rings. The topological polar surface area (TPSA) is 50.2 Å². The van der Waals surface area contributed by atoms with Crippen LogP contribution in [-0.2, 0) is 18.4 Å². The van der Waals surface area contributed by atoms with Gasteiger partial charge in [-0.05, 0) is 32.1 Å². The highest BCUT2D eigenvalue weighted by molar-refractivity contribution is 5.85. The van der Waals surface area contributed by atoms with Gasteiger partial charge in [0.1, 0.15) is 5.82 Å². The van der Waals surface area contributed by atoms with E-state index in [1.54, 1.807) is 0 Å². The van der Waals surface area contributed by atoms with Gasteiger partial charge < -0.3 is 9.88 Å². The van der Waals surface area contributed by atoms with Gasteiger partial charge in [-0.25, -0.2) is 4.98 Å². The molecule has 3 rings (SSSR count). The lowest BCUT2D eigenvalue weighted by Gasteiger charge is -2.27. The number of carbonyl (C=O) groups excluding carboxylic acids is 1. The number of aryl methyl sites for hydroxylation is 1. The van der Waals surface area contributed by atoms with E-state index < -0.39 is 0 Å². The first-order valence-electron chi connectivity index (χ1n) is 9.08. The van der Waals surface area contributed by atoms with Crippen LogP contribution in [0, 0.1) is 18.8 Å². The SMILES string of the molecule is CCC[C@H]1CN(Cc2cnc(C)n2C)C[C@@H]1NC(=O)C1CCC1.Cl.Cl. The van der Waals surface area contributed by atoms with E-state index in [4.69, 9.17) is 0 Å². The molecule has 2 heterocycles. The van der Waals surface area contributed by atoms with E-state index in [9.17, 15) is 4.79 Å². The highest BCUT2D eigenvalue weighted by Gasteiger charge is 2.35. The number of nitrogens with zero attached hydrogens (tertiary/aromatic N) is 3. The normalized spacial score (nSPS) is 23.5. The molecule has 1 N–H and O–H groups in total. The number of halogens is 2. The average Bonchev–Trinajstić information content (AvgIpc) is 2.96. The average molecular weight is 391 g/mol. The third kappa shape index (κ3) is 5.11. The fourth-order valence-electron chi connectivity index (χ4n) is 3.81. The van der Waals surface area contributed by atoms with Crippen LogP contribution in [0.3, 0.4) is 0 Å². The van der Waals surface area contributed by atoms with Gasteiger partial charge in [0.15, 0.2) is 0 Å². The molecule has 25 heavy (non-hydrogen) atoms. The summed E-state index contributed by atoms with van der Waals surface area (Å²) in [5.74, 6) is 2.21. The smallest absolute Gasteiger partial charge is 0.223 e. The maximum absolute atomic E-state index is 12.3. The van der Waals surface area contributed by atoms with E-state index >= 15 is 0 Å². The maximum Gasteiger partial charge on any atom is 0.223 e. The van der Waals surface area contributed by atoms with Crippen molar-refractivity contribution in [1.82, 2.24) is 19.8 Å². The maximum atomic E-state index is 12.3. The number of hydrogen-bond acceptors (Lipinski definition) is 3. The van der Waals surface area contributed by atoms with Gasteiger partial charge in [-0.3, -0.25) is 9.69 Å². The number of aromatic nitrogens is 2. The summed E-state index contributed by atoms with van der Waals surface area (Å²) in [6.07, 6.45) is 7.72. The Morgan fingerprint density at radius 3 is 2.56 bits per heavy atom. The third-order valence-corrected chi connectivity index (χ3v) is 5.68. The standard InChI is InChI=1S/C18H30N4O.2ClH/c1-4-6-15-10-22(11-16-9-19-13(2)21(16)3)12-17(15)20-18(23)14-7-5-8-14;;/h9,14-15,17H,4-8,10-12H2,1-3H3,(H,20,23);2*1H/t15-,17-;;/m0../s1. The van der Waals surface area contributed by atoms with Crippen LogP contribution >= 0.6 is 24.8 Å². The second-order valence-corrected chi connectivity index (χ2v) is 7.34. The van der Waals surface area contributed by atoms with Crippen molar-refractivity contribution < 1.29 is 4.79 Å². The fraction of sp³-hybridized carbons (Fsp3) is 0.778. The van der Waals surface area contributed by atoms with Crippen molar-refractivity contribution in [1.29, 1.82) is 0 Å². The summed E-state index contributed by atoms with van der Waals surface area (Å²) < 4.78 is 2.16. The lowest BCUT2D eigenvalue weighted by molar-refractivity contribution is -0.128. The van der Waals surface area contributed by atoms with Crippen LogP contribution in [0.4, 0.5) is 0 Å². The molecule has 1 aliphatic heterocycles. The predicted molar refractivity (Wildman–Crippen MR) is 105 cm³/mol. The molecule has 1 aromatic heterocycles. The van der Waals surface area contributed by atoms with Crippen LogP contribution in [0.1, 0.15) is 50.5 Å². The van der Waals surface area contributed by atoms with Crippen LogP contribution in [-0.4, -0.2) is 39.5 Å². The summed E-state index contributed by atoms with van der Waals surface area (Å²) in [5.41, 5.74) is 1.25. The Morgan fingerprint density at radius 1 is 1.32 bits per heavy atom. The van der Waals surface area contributed by atoms with Crippen molar-refractivity contribution in [2.45, 2.75) is 58.5 Å². The summed E-state index contributed by atoms with van der Waals surface area (Å²) >= 11 is 0. The summed E-state index contributed by atoms with van der Waals surface area (Å²) in [6, 6.07) is 0.317. The van der Waals surface area contributed by atoms with Crippen molar-refractivity contribution in [3.05, 3.63) is 17.7 Å². The zero-order valence-corrected chi connectivity index (χ0v) is 17.2. The largest absolute Gasteiger partial charge is 0.352 e. The van der Waals surface area contributed by atoms with Crippen LogP contribution in [0.2, 0.25) is 0 Å². The van der Waals surface area contributed by atoms with E-state index in [0.29, 0.717) is 17.9 Å². The quantitative estimate of drug-likeness (QED) is 0.811. The third-order valence-electron chi connectivity index (χ3n) is 5.68. The van der Waals surface area contributed by atoms with Crippen molar-refractivity contribution in [3.63, 3.8) is 0 Å². The molecule has 0 spiro atoms. The van der Waals surface area contributed by atoms with Crippen LogP contribution in [0.5, 0.6) is 0 Å². The lowest BCUT2D eigenvalue weighted by Crippen LogP contribution is -2.45. The minimum atomic E-state index is 0. The van der Waals surface area contributed by atoms with Crippen LogP contribution in [0.25, 0.3) is 0 Å². The van der Waals surface area contributed by atoms with Gasteiger partial charge in [-0.2, -0.15) is 0 Å². The first kappa shape index (κ1) is 22.3. The van der Waals surface area contributed by atoms with Gasteiger partial charge >= 0.3 is 0 Å². The zero-order chi connectivity index (χ0) is 16.4. The number of likely N-dealkylation sites (tertiary alicyclic amines) is 1. The van der Waals surface area contributed by atoms with Gasteiger partial charge in [0.05, 0.1) is 5.69 Å². The number of amides is 1. The molecule has 0 aromatic carbocycles. The first-order valence-corrected chi connectivity index (χ1v) is 9.08. The summed E-state index contributed by atoms with van der Waals surface area (Å²) in [5, 5.41) is 3.35. The number of rotatable bonds is 6. The van der Waals surface area contributed by atoms with Crippen LogP contribution in [0.15, 0.2) is 6.20 Å². The fourth-order valence-corrected chi connectivity index (χ4v) is 3.81. The highest BCUT2D eigenvalue weighted by atomic mass is 35.5. The molecule has 2 fully saturated rings. The molecule has 1 aliphatic carbocycles. The monoisotopic (exact) mass is 390 g/mol. The van der Waals surface area contributed by atoms with E-state index in [1.165, 1.54) is 25.0 Å². The Hall–Kier alpha value is -0.780. The number of hydrogen-bond donors (Lipinski definition) is 1. The molecule has 7 heteroatoms. The van der Waals surface area contributed by atoms with Gasteiger partial charge in [0.25, 0.3) is 0 Å². The van der Waals surface area contributed by atoms with E-state index in [1.807, 2.05) is 13.1 Å². The summed E-state index contributed by atoms with van der Waals surface area (Å²) in [7, 11) is 2.08. The molecular weight excluding hydrogens is 359 g/mol. The Labute approximate surface area is 163 Å². The highest BCUT2D eigenvalue weighted by Crippen LogP contribution is 2.28. The van der Waals surface area contributed by atoms with Gasteiger partial charge in [-0.15, -0.1) is 24.8 Å². The van der Waals surface area contributed by atoms with E-state index in [0.717, 1.165) is 38.3 Å². The molecule has 1 saturated heterocycles. The zero-order valence-electron chi connectivity index (χ0n) is 15.5. The molecule has 0 unspecified atom stereocenters. The van der Waals surface area contributed by atoms with E-state index in [-0.39, 0.29) is 30.7 Å². The second-order valence-electron chi connectivity index (χ2n) is 7.34. The molecule has 144 valence electrons. The van der Waals surface area contributed by atoms with Gasteiger partial charge in [0.2, 0.25) is 5.91 Å². The molecule has 0 bridgehead atoms. The Morgan fingerprint density at radius 2 is 2.04 bits per heavy atom. The number of nitrogens with one attached hydrogen (secondary N) is 1. The minimum absolute atomic E-state index is 0. The lowest BCUT2D eigenvalue weighted by atomic mass is 9.84. The van der Waals surface area contributed by atoms with Crippen molar-refractivity contribution >= 4 is 30.7 Å². The van der Waals surface area contributed by atoms with Crippen molar-refractivity contribution in [2.75, 3.05) is 13.1 Å². The Kier molecular flexibility index (Phi) is 8.72.